The van der Waals surface area contributed by atoms with Crippen molar-refractivity contribution in [2.75, 3.05) is 0 Å². The van der Waals surface area contributed by atoms with Crippen molar-refractivity contribution in [3.8, 4) is 5.75 Å². The summed E-state index contributed by atoms with van der Waals surface area (Å²) in [5.74, 6) is 1.89. The lowest BCUT2D eigenvalue weighted by atomic mass is 9.71. The van der Waals surface area contributed by atoms with Gasteiger partial charge in [0.05, 0.1) is 6.26 Å². The van der Waals surface area contributed by atoms with Crippen molar-refractivity contribution in [1.82, 2.24) is 0 Å². The fraction of sp³-hybridized carbons (Fsp3) is 0.697. The zero-order valence-corrected chi connectivity index (χ0v) is 23.0. The molecule has 0 aliphatic heterocycles. The van der Waals surface area contributed by atoms with Gasteiger partial charge in [-0.3, -0.25) is 0 Å². The summed E-state index contributed by atoms with van der Waals surface area (Å²) in [4.78, 5) is 0. The molecule has 0 spiro atoms. The summed E-state index contributed by atoms with van der Waals surface area (Å²) in [6.07, 6.45) is 25.7. The van der Waals surface area contributed by atoms with E-state index >= 15 is 0 Å². The van der Waals surface area contributed by atoms with Gasteiger partial charge in [-0.1, -0.05) is 76.5 Å². The summed E-state index contributed by atoms with van der Waals surface area (Å²) in [7, 11) is 0. The molecule has 2 saturated carbocycles. The number of unbranched alkanes of at least 4 members (excludes halogenated alkanes) is 3. The molecule has 1 aromatic rings. The molecule has 0 saturated heterocycles. The van der Waals surface area contributed by atoms with E-state index in [9.17, 15) is 8.78 Å². The zero-order valence-electron chi connectivity index (χ0n) is 23.0. The summed E-state index contributed by atoms with van der Waals surface area (Å²) in [5.41, 5.74) is 0.529. The van der Waals surface area contributed by atoms with Crippen molar-refractivity contribution in [1.29, 1.82) is 0 Å². The molecule has 2 aliphatic carbocycles. The standard InChI is InChI=1S/C33H50F2O/c1-4-7-8-9-11-27(10-5-2)28-18-14-25(15-19-28)12-13-26-16-20-29(21-17-26)30-22-23-31(36-24-6-3)33(35)32(30)34/h5-6,22-29H,2,4,7-21H2,1,3H3/b24-6+. The molecule has 36 heavy (non-hydrogen) atoms. The largest absolute Gasteiger partial charge is 0.462 e. The molecule has 202 valence electrons. The van der Waals surface area contributed by atoms with Crippen molar-refractivity contribution in [2.45, 2.75) is 122 Å². The van der Waals surface area contributed by atoms with Crippen LogP contribution >= 0.6 is 0 Å². The Balaban J connectivity index is 1.38. The first-order valence-corrected chi connectivity index (χ1v) is 14.9. The average Bonchev–Trinajstić information content (AvgIpc) is 2.91. The molecule has 0 bridgehead atoms. The molecule has 1 aromatic carbocycles. The second kappa shape index (κ2) is 15.6. The van der Waals surface area contributed by atoms with Crippen LogP contribution in [0, 0.1) is 35.3 Å². The van der Waals surface area contributed by atoms with Crippen LogP contribution in [0.1, 0.15) is 128 Å². The fourth-order valence-corrected chi connectivity index (χ4v) is 6.87. The van der Waals surface area contributed by atoms with Crippen molar-refractivity contribution >= 4 is 0 Å². The number of allylic oxidation sites excluding steroid dienone is 2. The molecule has 0 amide bonds. The molecule has 1 nitrogen and oxygen atoms in total. The Bertz CT molecular complexity index is 800. The first-order chi connectivity index (χ1) is 17.6. The van der Waals surface area contributed by atoms with Crippen molar-refractivity contribution < 1.29 is 13.5 Å². The van der Waals surface area contributed by atoms with Gasteiger partial charge in [-0.15, -0.1) is 6.58 Å². The molecule has 3 rings (SSSR count). The molecule has 2 aliphatic rings. The first-order valence-electron chi connectivity index (χ1n) is 14.9. The highest BCUT2D eigenvalue weighted by atomic mass is 19.2. The Morgan fingerprint density at radius 3 is 2.19 bits per heavy atom. The topological polar surface area (TPSA) is 9.23 Å². The van der Waals surface area contributed by atoms with Gasteiger partial charge >= 0.3 is 0 Å². The number of rotatable bonds is 14. The van der Waals surface area contributed by atoms with E-state index in [0.717, 1.165) is 49.4 Å². The Labute approximate surface area is 219 Å². The van der Waals surface area contributed by atoms with Gasteiger partial charge in [-0.25, -0.2) is 4.39 Å². The van der Waals surface area contributed by atoms with Crippen LogP contribution in [0.25, 0.3) is 0 Å². The third-order valence-corrected chi connectivity index (χ3v) is 9.13. The fourth-order valence-electron chi connectivity index (χ4n) is 6.87. The Morgan fingerprint density at radius 1 is 0.917 bits per heavy atom. The van der Waals surface area contributed by atoms with Crippen molar-refractivity contribution in [3.63, 3.8) is 0 Å². The van der Waals surface area contributed by atoms with E-state index in [0.29, 0.717) is 5.56 Å². The lowest BCUT2D eigenvalue weighted by Crippen LogP contribution is -2.22. The van der Waals surface area contributed by atoms with E-state index in [1.807, 2.05) is 0 Å². The number of hydrogen-bond donors (Lipinski definition) is 0. The normalized spacial score (nSPS) is 25.7. The van der Waals surface area contributed by atoms with E-state index in [1.54, 1.807) is 25.1 Å². The van der Waals surface area contributed by atoms with Gasteiger partial charge < -0.3 is 4.74 Å². The van der Waals surface area contributed by atoms with Crippen LogP contribution in [0.4, 0.5) is 8.78 Å². The Morgan fingerprint density at radius 2 is 1.58 bits per heavy atom. The predicted molar refractivity (Wildman–Crippen MR) is 148 cm³/mol. The highest BCUT2D eigenvalue weighted by molar-refractivity contribution is 5.33. The summed E-state index contributed by atoms with van der Waals surface area (Å²) in [6, 6.07) is 3.30. The maximum atomic E-state index is 14.7. The van der Waals surface area contributed by atoms with Gasteiger partial charge in [-0.05, 0) is 99.5 Å². The van der Waals surface area contributed by atoms with E-state index in [1.165, 1.54) is 83.3 Å². The lowest BCUT2D eigenvalue weighted by molar-refractivity contribution is 0.178. The SMILES string of the molecule is C=CCC(CCCCCC)C1CCC(CCC2CCC(c3ccc(O/C=C/C)c(F)c3F)CC2)CC1. The molecule has 0 heterocycles. The van der Waals surface area contributed by atoms with E-state index < -0.39 is 11.6 Å². The number of hydrogen-bond acceptors (Lipinski definition) is 1. The van der Waals surface area contributed by atoms with Crippen LogP contribution in [0.5, 0.6) is 5.75 Å². The highest BCUT2D eigenvalue weighted by Gasteiger charge is 2.29. The minimum atomic E-state index is -0.861. The minimum absolute atomic E-state index is 0.0370. The van der Waals surface area contributed by atoms with E-state index in [-0.39, 0.29) is 11.7 Å². The molecule has 1 atom stereocenters. The third-order valence-electron chi connectivity index (χ3n) is 9.13. The van der Waals surface area contributed by atoms with Gasteiger partial charge in [-0.2, -0.15) is 4.39 Å². The highest BCUT2D eigenvalue weighted by Crippen LogP contribution is 2.43. The lowest BCUT2D eigenvalue weighted by Gasteiger charge is -2.35. The molecule has 0 N–H and O–H groups in total. The smallest absolute Gasteiger partial charge is 0.201 e. The first kappa shape index (κ1) is 28.9. The minimum Gasteiger partial charge on any atom is -0.462 e. The number of halogens is 2. The molecular formula is C33H50F2O. The molecular weight excluding hydrogens is 450 g/mol. The summed E-state index contributed by atoms with van der Waals surface area (Å²) in [6.45, 7) is 8.10. The van der Waals surface area contributed by atoms with Crippen LogP contribution in [0.2, 0.25) is 0 Å². The molecule has 1 unspecified atom stereocenters. The van der Waals surface area contributed by atoms with Gasteiger partial charge in [0.15, 0.2) is 11.6 Å². The number of benzene rings is 1. The van der Waals surface area contributed by atoms with Crippen LogP contribution in [0.3, 0.4) is 0 Å². The molecule has 0 radical (unpaired) electrons. The maximum absolute atomic E-state index is 14.7. The van der Waals surface area contributed by atoms with Crippen LogP contribution in [-0.4, -0.2) is 0 Å². The number of ether oxygens (including phenoxy) is 1. The Hall–Kier alpha value is -1.64. The zero-order chi connectivity index (χ0) is 25.8. The van der Waals surface area contributed by atoms with Gasteiger partial charge in [0, 0.05) is 0 Å². The average molecular weight is 501 g/mol. The van der Waals surface area contributed by atoms with Gasteiger partial charge in [0.25, 0.3) is 0 Å². The summed E-state index contributed by atoms with van der Waals surface area (Å²) < 4.78 is 34.3. The molecule has 0 aromatic heterocycles. The quantitative estimate of drug-likeness (QED) is 0.140. The van der Waals surface area contributed by atoms with E-state index in [4.69, 9.17) is 4.74 Å². The van der Waals surface area contributed by atoms with Crippen LogP contribution < -0.4 is 4.74 Å². The molecule has 3 heteroatoms. The monoisotopic (exact) mass is 500 g/mol. The van der Waals surface area contributed by atoms with Gasteiger partial charge in [0.2, 0.25) is 5.82 Å². The predicted octanol–water partition coefficient (Wildman–Crippen LogP) is 10.9. The third kappa shape index (κ3) is 8.45. The van der Waals surface area contributed by atoms with Crippen LogP contribution in [-0.2, 0) is 0 Å². The second-order valence-corrected chi connectivity index (χ2v) is 11.6. The van der Waals surface area contributed by atoms with Crippen LogP contribution in [0.15, 0.2) is 37.1 Å². The summed E-state index contributed by atoms with van der Waals surface area (Å²) >= 11 is 0. The van der Waals surface area contributed by atoms with Crippen molar-refractivity contribution in [2.24, 2.45) is 23.7 Å². The van der Waals surface area contributed by atoms with Crippen molar-refractivity contribution in [3.05, 3.63) is 54.3 Å². The second-order valence-electron chi connectivity index (χ2n) is 11.6. The van der Waals surface area contributed by atoms with Gasteiger partial charge in [0.1, 0.15) is 0 Å². The maximum Gasteiger partial charge on any atom is 0.201 e. The Kier molecular flexibility index (Phi) is 12.5. The molecule has 2 fully saturated rings. The summed E-state index contributed by atoms with van der Waals surface area (Å²) in [5, 5.41) is 0. The van der Waals surface area contributed by atoms with E-state index in [2.05, 4.69) is 19.6 Å².